The maximum atomic E-state index is 4.32. The first kappa shape index (κ1) is 17.6. The highest BCUT2D eigenvalue weighted by molar-refractivity contribution is 5.09. The zero-order valence-corrected chi connectivity index (χ0v) is 17.9. The van der Waals surface area contributed by atoms with E-state index in [1.54, 1.807) is 38.5 Å². The van der Waals surface area contributed by atoms with Gasteiger partial charge in [-0.25, -0.2) is 0 Å². The monoisotopic (exact) mass is 382 g/mol. The molecule has 2 nitrogen and oxygen atoms in total. The van der Waals surface area contributed by atoms with Crippen molar-refractivity contribution in [3.05, 3.63) is 0 Å². The zero-order chi connectivity index (χ0) is 18.3. The van der Waals surface area contributed by atoms with E-state index < -0.39 is 0 Å². The number of hydrogen-bond acceptors (Lipinski definition) is 2. The average Bonchev–Trinajstić information content (AvgIpc) is 2.60. The van der Waals surface area contributed by atoms with E-state index in [0.29, 0.717) is 11.1 Å². The first-order valence-electron chi connectivity index (χ1n) is 13.2. The van der Waals surface area contributed by atoms with Gasteiger partial charge in [0.05, 0.1) is 0 Å². The highest BCUT2D eigenvalue weighted by atomic mass is 15.1. The van der Waals surface area contributed by atoms with Crippen LogP contribution >= 0.6 is 0 Å². The summed E-state index contributed by atoms with van der Waals surface area (Å²) in [5.74, 6) is 6.46. The third-order valence-electron chi connectivity index (χ3n) is 10.8. The van der Waals surface area contributed by atoms with E-state index in [2.05, 4.69) is 10.6 Å². The van der Waals surface area contributed by atoms with E-state index >= 15 is 0 Å². The smallest absolute Gasteiger partial charge is 0.0192 e. The highest BCUT2D eigenvalue weighted by Gasteiger charge is 2.53. The van der Waals surface area contributed by atoms with Gasteiger partial charge in [0.1, 0.15) is 0 Å². The number of hydrogen-bond donors (Lipinski definition) is 2. The van der Waals surface area contributed by atoms with Gasteiger partial charge in [-0.05, 0) is 138 Å². The molecule has 156 valence electrons. The molecule has 0 aromatic rings. The van der Waals surface area contributed by atoms with E-state index in [9.17, 15) is 0 Å². The lowest BCUT2D eigenvalue weighted by atomic mass is 9.52. The van der Waals surface area contributed by atoms with Crippen LogP contribution in [-0.4, -0.2) is 23.2 Å². The van der Waals surface area contributed by atoms with Gasteiger partial charge >= 0.3 is 0 Å². The third kappa shape index (κ3) is 2.95. The molecule has 9 aliphatic rings. The van der Waals surface area contributed by atoms with Crippen molar-refractivity contribution >= 4 is 0 Å². The summed E-state index contributed by atoms with van der Waals surface area (Å²) >= 11 is 0. The highest BCUT2D eigenvalue weighted by Crippen LogP contribution is 2.57. The second-order valence-corrected chi connectivity index (χ2v) is 13.2. The molecule has 2 N–H and O–H groups in total. The number of rotatable bonds is 4. The Hall–Kier alpha value is -0.0800. The molecule has 9 saturated carbocycles. The average molecular weight is 383 g/mol. The van der Waals surface area contributed by atoms with E-state index in [-0.39, 0.29) is 0 Å². The van der Waals surface area contributed by atoms with Crippen LogP contribution in [0.5, 0.6) is 0 Å². The second-order valence-electron chi connectivity index (χ2n) is 13.2. The summed E-state index contributed by atoms with van der Waals surface area (Å²) in [7, 11) is 0. The maximum Gasteiger partial charge on any atom is 0.0192 e. The quantitative estimate of drug-likeness (QED) is 0.679. The molecular formula is C26H42N2. The van der Waals surface area contributed by atoms with Crippen LogP contribution in [0.2, 0.25) is 0 Å². The Labute approximate surface area is 172 Å². The number of nitrogens with one attached hydrogen (secondary N) is 2. The zero-order valence-electron chi connectivity index (χ0n) is 17.9. The normalized spacial score (nSPS) is 59.1. The van der Waals surface area contributed by atoms with Crippen LogP contribution in [-0.2, 0) is 0 Å². The third-order valence-corrected chi connectivity index (χ3v) is 10.8. The lowest BCUT2D eigenvalue weighted by Crippen LogP contribution is -2.63. The molecule has 0 spiro atoms. The van der Waals surface area contributed by atoms with Crippen LogP contribution in [0.4, 0.5) is 0 Å². The fourth-order valence-corrected chi connectivity index (χ4v) is 10.8. The molecule has 8 bridgehead atoms. The largest absolute Gasteiger partial charge is 0.308 e. The predicted molar refractivity (Wildman–Crippen MR) is 114 cm³/mol. The summed E-state index contributed by atoms with van der Waals surface area (Å²) < 4.78 is 0. The summed E-state index contributed by atoms with van der Waals surface area (Å²) in [6, 6.07) is 1.65. The molecule has 0 radical (unpaired) electrons. The van der Waals surface area contributed by atoms with Crippen LogP contribution in [0, 0.1) is 35.5 Å². The Balaban J connectivity index is 0.966. The van der Waals surface area contributed by atoms with Crippen molar-refractivity contribution in [1.82, 2.24) is 10.6 Å². The van der Waals surface area contributed by atoms with Gasteiger partial charge in [0.15, 0.2) is 0 Å². The SMILES string of the molecule is C1C2CC3CC1CC(NC1CCC(NC45CC6CC(CC(C6)C4)C5)CC1)(C2)C3. The van der Waals surface area contributed by atoms with Crippen molar-refractivity contribution in [2.45, 2.75) is 126 Å². The van der Waals surface area contributed by atoms with E-state index in [1.807, 2.05) is 0 Å². The molecule has 0 heterocycles. The Morgan fingerprint density at radius 1 is 0.393 bits per heavy atom. The van der Waals surface area contributed by atoms with Gasteiger partial charge in [-0.15, -0.1) is 0 Å². The Kier molecular flexibility index (Phi) is 3.91. The first-order chi connectivity index (χ1) is 13.6. The molecule has 0 amide bonds. The Morgan fingerprint density at radius 3 is 0.893 bits per heavy atom. The van der Waals surface area contributed by atoms with Gasteiger partial charge < -0.3 is 10.6 Å². The molecule has 0 unspecified atom stereocenters. The fraction of sp³-hybridized carbons (Fsp3) is 1.00. The van der Waals surface area contributed by atoms with Crippen LogP contribution in [0.15, 0.2) is 0 Å². The Morgan fingerprint density at radius 2 is 0.643 bits per heavy atom. The van der Waals surface area contributed by atoms with E-state index in [4.69, 9.17) is 0 Å². The molecule has 0 aromatic carbocycles. The van der Waals surface area contributed by atoms with Gasteiger partial charge in [0, 0.05) is 23.2 Å². The minimum absolute atomic E-state index is 0.569. The molecule has 28 heavy (non-hydrogen) atoms. The molecule has 9 aliphatic carbocycles. The van der Waals surface area contributed by atoms with Gasteiger partial charge in [0.2, 0.25) is 0 Å². The second kappa shape index (κ2) is 6.22. The lowest BCUT2D eigenvalue weighted by molar-refractivity contribution is -0.0345. The first-order valence-corrected chi connectivity index (χ1v) is 13.2. The summed E-state index contributed by atoms with van der Waals surface area (Å²) in [6.07, 6.45) is 24.3. The molecule has 0 aliphatic heterocycles. The van der Waals surface area contributed by atoms with Crippen LogP contribution in [0.1, 0.15) is 103 Å². The van der Waals surface area contributed by atoms with Crippen molar-refractivity contribution in [2.24, 2.45) is 35.5 Å². The van der Waals surface area contributed by atoms with Gasteiger partial charge in [-0.2, -0.15) is 0 Å². The molecular weight excluding hydrogens is 340 g/mol. The van der Waals surface area contributed by atoms with Crippen molar-refractivity contribution in [2.75, 3.05) is 0 Å². The van der Waals surface area contributed by atoms with Crippen molar-refractivity contribution in [3.8, 4) is 0 Å². The fourth-order valence-electron chi connectivity index (χ4n) is 10.8. The van der Waals surface area contributed by atoms with Crippen molar-refractivity contribution in [1.29, 1.82) is 0 Å². The topological polar surface area (TPSA) is 24.1 Å². The minimum atomic E-state index is 0.569. The van der Waals surface area contributed by atoms with Gasteiger partial charge in [-0.1, -0.05) is 0 Å². The predicted octanol–water partition coefficient (Wildman–Crippen LogP) is 5.41. The maximum absolute atomic E-state index is 4.32. The molecule has 0 saturated heterocycles. The Bertz CT molecular complexity index is 491. The minimum Gasteiger partial charge on any atom is -0.308 e. The molecule has 0 atom stereocenters. The molecule has 9 fully saturated rings. The van der Waals surface area contributed by atoms with Crippen LogP contribution in [0.25, 0.3) is 0 Å². The summed E-state index contributed by atoms with van der Waals surface area (Å²) in [4.78, 5) is 0. The summed E-state index contributed by atoms with van der Waals surface area (Å²) in [6.45, 7) is 0. The standard InChI is InChI=1S/C26H42N2/c1-2-24(28-26-14-20-8-21(15-26)10-22(9-20)16-26)4-3-23(1)27-25-11-17-5-18(12-25)7-19(6-17)13-25/h17-24,27-28H,1-16H2. The van der Waals surface area contributed by atoms with Crippen LogP contribution < -0.4 is 10.6 Å². The van der Waals surface area contributed by atoms with Crippen molar-refractivity contribution < 1.29 is 0 Å². The molecule has 2 heteroatoms. The van der Waals surface area contributed by atoms with E-state index in [1.165, 1.54) is 64.2 Å². The summed E-state index contributed by atoms with van der Waals surface area (Å²) in [5.41, 5.74) is 1.14. The molecule has 0 aromatic heterocycles. The summed E-state index contributed by atoms with van der Waals surface area (Å²) in [5, 5.41) is 8.63. The van der Waals surface area contributed by atoms with Crippen LogP contribution in [0.3, 0.4) is 0 Å². The molecule has 9 rings (SSSR count). The van der Waals surface area contributed by atoms with Gasteiger partial charge in [0.25, 0.3) is 0 Å². The lowest BCUT2D eigenvalue weighted by Gasteiger charge is -2.59. The van der Waals surface area contributed by atoms with E-state index in [0.717, 1.165) is 47.6 Å². The van der Waals surface area contributed by atoms with Gasteiger partial charge in [-0.3, -0.25) is 0 Å². The van der Waals surface area contributed by atoms with Crippen molar-refractivity contribution in [3.63, 3.8) is 0 Å².